The van der Waals surface area contributed by atoms with E-state index in [0.717, 1.165) is 0 Å². The molecule has 0 aliphatic carbocycles. The first-order chi connectivity index (χ1) is 6.16. The standard InChI is InChI=1S/C8H11N2OP/c1-3-4-8(12-9)5-6-10(2)7(8)11/h1,9H,4-6H2,2H3/i/hH. The monoisotopic (exact) mass is 182 g/mol. The summed E-state index contributed by atoms with van der Waals surface area (Å²) in [5.74, 6) is 2.51. The zero-order valence-corrected chi connectivity index (χ0v) is 7.84. The van der Waals surface area contributed by atoms with Crippen LogP contribution in [0.2, 0.25) is 1.41 Å². The first kappa shape index (κ1) is 7.76. The summed E-state index contributed by atoms with van der Waals surface area (Å²) in [5.41, 5.74) is 0. The second kappa shape index (κ2) is 3.25. The molecular formula is C8H11N2OP. The van der Waals surface area contributed by atoms with Gasteiger partial charge in [-0.3, -0.25) is 9.95 Å². The van der Waals surface area contributed by atoms with Crippen LogP contribution in [0.15, 0.2) is 0 Å². The molecule has 3 nitrogen and oxygen atoms in total. The van der Waals surface area contributed by atoms with Crippen LogP contribution in [-0.4, -0.2) is 29.6 Å². The van der Waals surface area contributed by atoms with Gasteiger partial charge in [-0.15, -0.1) is 12.3 Å². The van der Waals surface area contributed by atoms with Gasteiger partial charge in [0.25, 0.3) is 0 Å². The van der Waals surface area contributed by atoms with Gasteiger partial charge in [0.15, 0.2) is 1.41 Å². The van der Waals surface area contributed by atoms with Crippen molar-refractivity contribution >= 4 is 14.3 Å². The van der Waals surface area contributed by atoms with Crippen molar-refractivity contribution in [3.05, 3.63) is 0 Å². The maximum absolute atomic E-state index is 11.7. The Morgan fingerprint density at radius 1 is 2.08 bits per heavy atom. The number of amides is 1. The van der Waals surface area contributed by atoms with Crippen LogP contribution >= 0.6 is 8.37 Å². The molecule has 1 aliphatic rings. The van der Waals surface area contributed by atoms with Gasteiger partial charge in [0.05, 0.1) is 0 Å². The fraction of sp³-hybridized carbons (Fsp3) is 0.625. The molecule has 1 unspecified atom stereocenters. The van der Waals surface area contributed by atoms with E-state index in [1.807, 2.05) is 0 Å². The number of rotatable bonds is 2. The van der Waals surface area contributed by atoms with Crippen molar-refractivity contribution in [1.29, 1.82) is 5.15 Å². The third-order valence-electron chi connectivity index (χ3n) is 2.19. The predicted molar refractivity (Wildman–Crippen MR) is 48.1 cm³/mol. The number of carbonyl (C=O) groups excluding carboxylic acids is 1. The first-order valence-electron chi connectivity index (χ1n) is 4.16. The van der Waals surface area contributed by atoms with Crippen LogP contribution in [0.4, 0.5) is 0 Å². The van der Waals surface area contributed by atoms with Crippen molar-refractivity contribution in [3.63, 3.8) is 0 Å². The highest BCUT2D eigenvalue weighted by Crippen LogP contribution is 2.37. The first-order valence-corrected chi connectivity index (χ1v) is 4.56. The molecule has 1 aliphatic heterocycles. The number of hydrogen-bond donors (Lipinski definition) is 1. The van der Waals surface area contributed by atoms with Crippen LogP contribution in [0.25, 0.3) is 0 Å². The molecule has 64 valence electrons. The van der Waals surface area contributed by atoms with E-state index in [-0.39, 0.29) is 5.91 Å². The minimum atomic E-state index is -0.606. The van der Waals surface area contributed by atoms with Gasteiger partial charge in [0, 0.05) is 28.4 Å². The largest absolute Gasteiger partial charge is 0.345 e. The number of nitrogens with one attached hydrogen (secondary N) is 1. The van der Waals surface area contributed by atoms with Crippen LogP contribution in [-0.2, 0) is 4.79 Å². The summed E-state index contributed by atoms with van der Waals surface area (Å²) in [4.78, 5) is 13.3. The van der Waals surface area contributed by atoms with E-state index in [4.69, 9.17) is 7.84 Å². The number of carbonyl (C=O) groups is 1. The van der Waals surface area contributed by atoms with Gasteiger partial charge in [-0.05, 0) is 6.42 Å². The quantitative estimate of drug-likeness (QED) is 0.508. The van der Waals surface area contributed by atoms with Crippen LogP contribution in [0.5, 0.6) is 0 Å². The van der Waals surface area contributed by atoms with Crippen molar-refractivity contribution in [3.8, 4) is 12.3 Å². The van der Waals surface area contributed by atoms with Gasteiger partial charge in [-0.2, -0.15) is 0 Å². The van der Waals surface area contributed by atoms with E-state index in [0.29, 0.717) is 27.8 Å². The maximum atomic E-state index is 11.7. The molecule has 1 heterocycles. The highest BCUT2D eigenvalue weighted by atomic mass is 31.1. The van der Waals surface area contributed by atoms with Gasteiger partial charge in [0.2, 0.25) is 5.91 Å². The Kier molecular flexibility index (Phi) is 2.10. The van der Waals surface area contributed by atoms with Crippen molar-refractivity contribution < 1.29 is 6.21 Å². The topological polar surface area (TPSA) is 44.2 Å². The molecule has 1 fully saturated rings. The Morgan fingerprint density at radius 3 is 3.25 bits per heavy atom. The molecule has 0 saturated carbocycles. The fourth-order valence-electron chi connectivity index (χ4n) is 1.38. The van der Waals surface area contributed by atoms with E-state index in [1.165, 1.54) is 0 Å². The highest BCUT2D eigenvalue weighted by molar-refractivity contribution is 7.29. The normalized spacial score (nSPS) is 30.8. The van der Waals surface area contributed by atoms with E-state index in [9.17, 15) is 4.79 Å². The molecule has 0 aromatic carbocycles. The minimum Gasteiger partial charge on any atom is -0.345 e. The predicted octanol–water partition coefficient (Wildman–Crippen LogP) is 1.32. The van der Waals surface area contributed by atoms with Crippen molar-refractivity contribution in [2.45, 2.75) is 18.0 Å². The van der Waals surface area contributed by atoms with E-state index in [1.54, 1.807) is 11.9 Å². The number of hydrogen-bond acceptors (Lipinski definition) is 2. The maximum Gasteiger partial charge on any atom is 0.239 e. The number of terminal acetylenes is 1. The Hall–Kier alpha value is -0.870. The summed E-state index contributed by atoms with van der Waals surface area (Å²) in [6.07, 6.45) is 6.28. The molecular weight excluding hydrogens is 171 g/mol. The molecule has 1 saturated heterocycles. The Bertz CT molecular complexity index is 286. The van der Waals surface area contributed by atoms with Gasteiger partial charge < -0.3 is 4.90 Å². The minimum absolute atomic E-state index is 0.0168. The number of nitrogens with zero attached hydrogens (tertiary/aromatic N) is 1. The van der Waals surface area contributed by atoms with Crippen molar-refractivity contribution in [1.82, 2.24) is 4.90 Å². The molecule has 1 amide bonds. The van der Waals surface area contributed by atoms with Crippen LogP contribution in [0.1, 0.15) is 12.8 Å². The Balaban J connectivity index is 2.93. The summed E-state index contributed by atoms with van der Waals surface area (Å²) in [7, 11) is 2.23. The fourth-order valence-corrected chi connectivity index (χ4v) is 2.00. The van der Waals surface area contributed by atoms with Crippen LogP contribution in [0, 0.1) is 17.5 Å². The number of likely N-dealkylation sites (tertiary alicyclic amines) is 1. The zero-order valence-electron chi connectivity index (χ0n) is 7.95. The lowest BCUT2D eigenvalue weighted by Crippen LogP contribution is -2.33. The Morgan fingerprint density at radius 2 is 2.83 bits per heavy atom. The molecule has 1 atom stereocenters. The molecule has 1 rings (SSSR count). The van der Waals surface area contributed by atoms with Crippen LogP contribution < -0.4 is 0 Å². The molecule has 0 aromatic heterocycles. The molecule has 0 aromatic rings. The lowest BCUT2D eigenvalue weighted by molar-refractivity contribution is -0.128. The van der Waals surface area contributed by atoms with E-state index in [2.05, 4.69) is 11.1 Å². The van der Waals surface area contributed by atoms with E-state index >= 15 is 0 Å². The lowest BCUT2D eigenvalue weighted by Gasteiger charge is -2.17. The second-order valence-corrected chi connectivity index (χ2v) is 4.05. The van der Waals surface area contributed by atoms with Gasteiger partial charge in [0.1, 0.15) is 5.16 Å². The summed E-state index contributed by atoms with van der Waals surface area (Å²) in [5, 5.41) is 2.67. The lowest BCUT2D eigenvalue weighted by atomic mass is 10.0. The molecule has 0 spiro atoms. The Labute approximate surface area is 75.3 Å². The van der Waals surface area contributed by atoms with Gasteiger partial charge in [-0.1, -0.05) is 0 Å². The summed E-state index contributed by atoms with van der Waals surface area (Å²) >= 11 is 0. The van der Waals surface area contributed by atoms with Gasteiger partial charge >= 0.3 is 0 Å². The molecule has 0 bridgehead atoms. The molecule has 12 heavy (non-hydrogen) atoms. The summed E-state index contributed by atoms with van der Waals surface area (Å²) in [6, 6.07) is 0. The summed E-state index contributed by atoms with van der Waals surface area (Å²) in [6.45, 7) is 0.711. The average molecular weight is 182 g/mol. The molecule has 0 radical (unpaired) electrons. The zero-order chi connectivity index (χ0) is 9.90. The molecule has 4 heteroatoms. The highest BCUT2D eigenvalue weighted by Gasteiger charge is 2.43. The second-order valence-electron chi connectivity index (χ2n) is 2.99. The molecule has 1 N–H and O–H groups in total. The van der Waals surface area contributed by atoms with Crippen molar-refractivity contribution in [2.24, 2.45) is 0 Å². The average Bonchev–Trinajstić information content (AvgIpc) is 2.36. The van der Waals surface area contributed by atoms with Crippen molar-refractivity contribution in [2.75, 3.05) is 13.6 Å². The smallest absolute Gasteiger partial charge is 0.239 e. The third kappa shape index (κ3) is 1.23. The van der Waals surface area contributed by atoms with E-state index < -0.39 is 5.16 Å². The summed E-state index contributed by atoms with van der Waals surface area (Å²) < 4.78 is 6.80. The SMILES string of the molecule is [1H]N=PC1(CC#C)CCN(C)C1=O. The van der Waals surface area contributed by atoms with Gasteiger partial charge in [-0.25, -0.2) is 0 Å². The third-order valence-corrected chi connectivity index (χ3v) is 3.15. The van der Waals surface area contributed by atoms with Crippen LogP contribution in [0.3, 0.4) is 0 Å².